The maximum atomic E-state index is 5.49. The van der Waals surface area contributed by atoms with Gasteiger partial charge in [0.2, 0.25) is 0 Å². The van der Waals surface area contributed by atoms with Crippen molar-refractivity contribution in [1.82, 2.24) is 10.6 Å². The van der Waals surface area contributed by atoms with E-state index in [4.69, 9.17) is 12.2 Å². The number of hydrogen-bond donors (Lipinski definition) is 2. The summed E-state index contributed by atoms with van der Waals surface area (Å²) < 4.78 is 0. The van der Waals surface area contributed by atoms with E-state index in [2.05, 4.69) is 62.6 Å². The molecule has 0 saturated heterocycles. The first kappa shape index (κ1) is 17.3. The van der Waals surface area contributed by atoms with Crippen molar-refractivity contribution < 1.29 is 0 Å². The Labute approximate surface area is 141 Å². The number of rotatable bonds is 3. The second kappa shape index (κ2) is 7.45. The van der Waals surface area contributed by atoms with Crippen molar-refractivity contribution in [2.24, 2.45) is 11.3 Å². The van der Waals surface area contributed by atoms with Gasteiger partial charge in [-0.3, -0.25) is 0 Å². The van der Waals surface area contributed by atoms with E-state index in [1.54, 1.807) is 0 Å². The zero-order chi connectivity index (χ0) is 16.2. The van der Waals surface area contributed by atoms with E-state index in [-0.39, 0.29) is 6.04 Å². The summed E-state index contributed by atoms with van der Waals surface area (Å²) in [5, 5.41) is 7.70. The molecule has 1 aliphatic carbocycles. The van der Waals surface area contributed by atoms with Crippen LogP contribution in [0.15, 0.2) is 30.3 Å². The summed E-state index contributed by atoms with van der Waals surface area (Å²) in [5.41, 5.74) is 1.70. The Kier molecular flexibility index (Phi) is 5.85. The third-order valence-electron chi connectivity index (χ3n) is 4.93. The standard InChI is InChI=1S/C19H30N2S/c1-14(15-8-6-5-7-9-15)20-18(22)21-17-12-10-16(11-13-17)19(2,3)4/h5-9,14,16-17H,10-13H2,1-4H3,(H2,20,21,22)/t14-,16?,17?/m1/s1. The number of benzene rings is 1. The predicted octanol–water partition coefficient (Wildman–Crippen LogP) is 4.82. The molecule has 1 aliphatic rings. The highest BCUT2D eigenvalue weighted by molar-refractivity contribution is 7.80. The fourth-order valence-electron chi connectivity index (χ4n) is 3.35. The first-order valence-electron chi connectivity index (χ1n) is 8.48. The van der Waals surface area contributed by atoms with E-state index in [0.29, 0.717) is 11.5 Å². The summed E-state index contributed by atoms with van der Waals surface area (Å²) in [4.78, 5) is 0. The van der Waals surface area contributed by atoms with Crippen LogP contribution in [0.2, 0.25) is 0 Å². The third-order valence-corrected chi connectivity index (χ3v) is 5.17. The highest BCUT2D eigenvalue weighted by atomic mass is 32.1. The average molecular weight is 319 g/mol. The summed E-state index contributed by atoms with van der Waals surface area (Å²) in [6.45, 7) is 9.23. The van der Waals surface area contributed by atoms with Gasteiger partial charge in [-0.1, -0.05) is 51.1 Å². The Morgan fingerprint density at radius 2 is 1.68 bits per heavy atom. The molecule has 0 heterocycles. The number of thiocarbonyl (C=S) groups is 1. The van der Waals surface area contributed by atoms with Gasteiger partial charge >= 0.3 is 0 Å². The Morgan fingerprint density at radius 3 is 2.23 bits per heavy atom. The van der Waals surface area contributed by atoms with Crippen LogP contribution in [0.1, 0.15) is 65.0 Å². The molecule has 1 saturated carbocycles. The molecule has 3 heteroatoms. The minimum absolute atomic E-state index is 0.243. The minimum atomic E-state index is 0.243. The highest BCUT2D eigenvalue weighted by Crippen LogP contribution is 2.37. The van der Waals surface area contributed by atoms with Crippen molar-refractivity contribution in [3.8, 4) is 0 Å². The summed E-state index contributed by atoms with van der Waals surface area (Å²) in [6, 6.07) is 11.2. The van der Waals surface area contributed by atoms with E-state index in [1.165, 1.54) is 31.2 Å². The molecule has 1 aromatic carbocycles. The summed E-state index contributed by atoms with van der Waals surface area (Å²) in [7, 11) is 0. The minimum Gasteiger partial charge on any atom is -0.360 e. The maximum absolute atomic E-state index is 5.49. The predicted molar refractivity (Wildman–Crippen MR) is 98.9 cm³/mol. The molecule has 22 heavy (non-hydrogen) atoms. The van der Waals surface area contributed by atoms with Gasteiger partial charge in [-0.2, -0.15) is 0 Å². The molecule has 122 valence electrons. The molecule has 0 radical (unpaired) electrons. The van der Waals surface area contributed by atoms with E-state index < -0.39 is 0 Å². The molecule has 2 rings (SSSR count). The molecular weight excluding hydrogens is 288 g/mol. The van der Waals surface area contributed by atoms with Crippen LogP contribution in [0.5, 0.6) is 0 Å². The third kappa shape index (κ3) is 4.98. The lowest BCUT2D eigenvalue weighted by Gasteiger charge is -2.37. The summed E-state index contributed by atoms with van der Waals surface area (Å²) in [6.07, 6.45) is 5.06. The van der Waals surface area contributed by atoms with E-state index >= 15 is 0 Å². The Hall–Kier alpha value is -1.09. The molecule has 0 aliphatic heterocycles. The average Bonchev–Trinajstić information content (AvgIpc) is 2.47. The zero-order valence-corrected chi connectivity index (χ0v) is 15.2. The number of hydrogen-bond acceptors (Lipinski definition) is 1. The van der Waals surface area contributed by atoms with Gasteiger partial charge in [0, 0.05) is 6.04 Å². The SMILES string of the molecule is C[C@@H](NC(=S)NC1CCC(C(C)(C)C)CC1)c1ccccc1. The van der Waals surface area contributed by atoms with Crippen molar-refractivity contribution in [1.29, 1.82) is 0 Å². The topological polar surface area (TPSA) is 24.1 Å². The van der Waals surface area contributed by atoms with Crippen molar-refractivity contribution >= 4 is 17.3 Å². The van der Waals surface area contributed by atoms with Gasteiger partial charge in [-0.15, -0.1) is 0 Å². The van der Waals surface area contributed by atoms with Crippen LogP contribution >= 0.6 is 12.2 Å². The summed E-state index contributed by atoms with van der Waals surface area (Å²) >= 11 is 5.49. The second-order valence-electron chi connectivity index (χ2n) is 7.66. The quantitative estimate of drug-likeness (QED) is 0.782. The molecule has 2 N–H and O–H groups in total. The normalized spacial score (nSPS) is 23.6. The van der Waals surface area contributed by atoms with Crippen molar-refractivity contribution in [3.05, 3.63) is 35.9 Å². The van der Waals surface area contributed by atoms with E-state index in [0.717, 1.165) is 11.0 Å². The zero-order valence-electron chi connectivity index (χ0n) is 14.4. The second-order valence-corrected chi connectivity index (χ2v) is 8.07. The molecule has 1 aromatic rings. The van der Waals surface area contributed by atoms with Crippen LogP contribution < -0.4 is 10.6 Å². The molecule has 0 unspecified atom stereocenters. The lowest BCUT2D eigenvalue weighted by molar-refractivity contribution is 0.165. The molecule has 1 fully saturated rings. The molecular formula is C19H30N2S. The van der Waals surface area contributed by atoms with Crippen LogP contribution in [0.25, 0.3) is 0 Å². The molecule has 2 nitrogen and oxygen atoms in total. The van der Waals surface area contributed by atoms with E-state index in [1.807, 2.05) is 6.07 Å². The monoisotopic (exact) mass is 318 g/mol. The van der Waals surface area contributed by atoms with Gasteiger partial charge in [0.15, 0.2) is 5.11 Å². The van der Waals surface area contributed by atoms with Gasteiger partial charge < -0.3 is 10.6 Å². The van der Waals surface area contributed by atoms with Crippen molar-refractivity contribution in [2.75, 3.05) is 0 Å². The fraction of sp³-hybridized carbons (Fsp3) is 0.632. The van der Waals surface area contributed by atoms with Crippen LogP contribution in [-0.4, -0.2) is 11.2 Å². The van der Waals surface area contributed by atoms with Crippen molar-refractivity contribution in [2.45, 2.75) is 65.5 Å². The first-order chi connectivity index (χ1) is 10.4. The fourth-order valence-corrected chi connectivity index (χ4v) is 3.70. The molecule has 0 amide bonds. The molecule has 0 bridgehead atoms. The number of nitrogens with one attached hydrogen (secondary N) is 2. The summed E-state index contributed by atoms with van der Waals surface area (Å²) in [5.74, 6) is 0.843. The van der Waals surface area contributed by atoms with Gasteiger partial charge in [-0.25, -0.2) is 0 Å². The highest BCUT2D eigenvalue weighted by Gasteiger charge is 2.29. The Bertz CT molecular complexity index is 470. The Morgan fingerprint density at radius 1 is 1.09 bits per heavy atom. The maximum Gasteiger partial charge on any atom is 0.166 e. The first-order valence-corrected chi connectivity index (χ1v) is 8.89. The van der Waals surface area contributed by atoms with Gasteiger partial charge in [0.05, 0.1) is 6.04 Å². The Balaban J connectivity index is 1.77. The van der Waals surface area contributed by atoms with Gasteiger partial charge in [-0.05, 0) is 61.7 Å². The smallest absolute Gasteiger partial charge is 0.166 e. The van der Waals surface area contributed by atoms with Gasteiger partial charge in [0.1, 0.15) is 0 Å². The van der Waals surface area contributed by atoms with Crippen LogP contribution in [0, 0.1) is 11.3 Å². The largest absolute Gasteiger partial charge is 0.360 e. The lowest BCUT2D eigenvalue weighted by Crippen LogP contribution is -2.45. The van der Waals surface area contributed by atoms with Crippen LogP contribution in [0.4, 0.5) is 0 Å². The lowest BCUT2D eigenvalue weighted by atomic mass is 9.71. The van der Waals surface area contributed by atoms with E-state index in [9.17, 15) is 0 Å². The van der Waals surface area contributed by atoms with Gasteiger partial charge in [0.25, 0.3) is 0 Å². The molecule has 1 atom stereocenters. The van der Waals surface area contributed by atoms with Crippen LogP contribution in [0.3, 0.4) is 0 Å². The molecule has 0 aromatic heterocycles. The molecule has 0 spiro atoms. The van der Waals surface area contributed by atoms with Crippen LogP contribution in [-0.2, 0) is 0 Å². The van der Waals surface area contributed by atoms with Crippen molar-refractivity contribution in [3.63, 3.8) is 0 Å².